The van der Waals surface area contributed by atoms with Crippen molar-refractivity contribution in [1.29, 1.82) is 5.26 Å². The summed E-state index contributed by atoms with van der Waals surface area (Å²) >= 11 is 0. The number of morpholine rings is 1. The predicted molar refractivity (Wildman–Crippen MR) is 57.5 cm³/mol. The molecule has 1 N–H and O–H groups in total. The minimum atomic E-state index is -0.0983. The highest BCUT2D eigenvalue weighted by Crippen LogP contribution is 2.15. The van der Waals surface area contributed by atoms with Crippen LogP contribution in [0.4, 0.5) is 0 Å². The average Bonchev–Trinajstić information content (AvgIpc) is 2.16. The van der Waals surface area contributed by atoms with Crippen molar-refractivity contribution in [2.24, 2.45) is 0 Å². The van der Waals surface area contributed by atoms with Gasteiger partial charge in [0, 0.05) is 26.1 Å². The SMILES string of the molecule is CC1(C)CNCC(COCCCC#N)O1. The van der Waals surface area contributed by atoms with E-state index in [0.717, 1.165) is 19.5 Å². The molecule has 1 atom stereocenters. The summed E-state index contributed by atoms with van der Waals surface area (Å²) < 4.78 is 11.3. The maximum atomic E-state index is 8.34. The van der Waals surface area contributed by atoms with Crippen molar-refractivity contribution in [2.45, 2.75) is 38.4 Å². The molecular formula is C11H20N2O2. The molecule has 86 valence electrons. The number of nitriles is 1. The highest BCUT2D eigenvalue weighted by Gasteiger charge is 2.28. The molecule has 0 aromatic heterocycles. The van der Waals surface area contributed by atoms with Gasteiger partial charge in [-0.3, -0.25) is 0 Å². The van der Waals surface area contributed by atoms with Gasteiger partial charge in [-0.2, -0.15) is 5.26 Å². The number of unbranched alkanes of at least 4 members (excludes halogenated alkanes) is 1. The van der Waals surface area contributed by atoms with Gasteiger partial charge in [0.1, 0.15) is 0 Å². The fourth-order valence-corrected chi connectivity index (χ4v) is 1.63. The number of nitrogens with zero attached hydrogens (tertiary/aromatic N) is 1. The van der Waals surface area contributed by atoms with Crippen molar-refractivity contribution >= 4 is 0 Å². The molecule has 1 heterocycles. The molecule has 0 spiro atoms. The molecule has 1 fully saturated rings. The molecule has 1 aliphatic rings. The summed E-state index contributed by atoms with van der Waals surface area (Å²) in [7, 11) is 0. The first kappa shape index (κ1) is 12.4. The van der Waals surface area contributed by atoms with Crippen LogP contribution in [0.5, 0.6) is 0 Å². The first-order chi connectivity index (χ1) is 7.14. The number of nitrogens with one attached hydrogen (secondary N) is 1. The highest BCUT2D eigenvalue weighted by atomic mass is 16.5. The molecule has 0 aliphatic carbocycles. The summed E-state index contributed by atoms with van der Waals surface area (Å²) in [5, 5.41) is 11.7. The zero-order valence-corrected chi connectivity index (χ0v) is 9.58. The van der Waals surface area contributed by atoms with Gasteiger partial charge in [0.25, 0.3) is 0 Å². The van der Waals surface area contributed by atoms with Gasteiger partial charge in [-0.05, 0) is 20.3 Å². The minimum absolute atomic E-state index is 0.0983. The summed E-state index contributed by atoms with van der Waals surface area (Å²) in [5.41, 5.74) is -0.0983. The van der Waals surface area contributed by atoms with Crippen molar-refractivity contribution in [2.75, 3.05) is 26.3 Å². The van der Waals surface area contributed by atoms with Crippen molar-refractivity contribution in [3.8, 4) is 6.07 Å². The molecule has 0 aromatic carbocycles. The molecule has 1 aliphatic heterocycles. The molecule has 15 heavy (non-hydrogen) atoms. The van der Waals surface area contributed by atoms with Gasteiger partial charge >= 0.3 is 0 Å². The van der Waals surface area contributed by atoms with Gasteiger partial charge in [0.05, 0.1) is 24.4 Å². The van der Waals surface area contributed by atoms with Crippen LogP contribution in [0.1, 0.15) is 26.7 Å². The average molecular weight is 212 g/mol. The lowest BCUT2D eigenvalue weighted by Gasteiger charge is -2.36. The maximum absolute atomic E-state index is 8.34. The number of hydrogen-bond acceptors (Lipinski definition) is 4. The predicted octanol–water partition coefficient (Wildman–Crippen LogP) is 1.07. The van der Waals surface area contributed by atoms with E-state index in [1.807, 2.05) is 0 Å². The van der Waals surface area contributed by atoms with Crippen LogP contribution >= 0.6 is 0 Å². The lowest BCUT2D eigenvalue weighted by Crippen LogP contribution is -2.51. The van der Waals surface area contributed by atoms with Crippen LogP contribution in [0.15, 0.2) is 0 Å². The van der Waals surface area contributed by atoms with E-state index in [4.69, 9.17) is 14.7 Å². The van der Waals surface area contributed by atoms with Crippen molar-refractivity contribution in [3.63, 3.8) is 0 Å². The Balaban J connectivity index is 2.08. The van der Waals surface area contributed by atoms with Crippen LogP contribution < -0.4 is 5.32 Å². The topological polar surface area (TPSA) is 54.3 Å². The van der Waals surface area contributed by atoms with Crippen molar-refractivity contribution in [3.05, 3.63) is 0 Å². The molecule has 0 bridgehead atoms. The van der Waals surface area contributed by atoms with E-state index < -0.39 is 0 Å². The Morgan fingerprint density at radius 2 is 2.40 bits per heavy atom. The third-order valence-electron chi connectivity index (χ3n) is 2.29. The van der Waals surface area contributed by atoms with Crippen LogP contribution in [-0.2, 0) is 9.47 Å². The highest BCUT2D eigenvalue weighted by molar-refractivity contribution is 4.81. The Morgan fingerprint density at radius 3 is 3.07 bits per heavy atom. The van der Waals surface area contributed by atoms with Crippen LogP contribution in [0, 0.1) is 11.3 Å². The quantitative estimate of drug-likeness (QED) is 0.693. The smallest absolute Gasteiger partial charge is 0.0940 e. The van der Waals surface area contributed by atoms with Gasteiger partial charge in [0.2, 0.25) is 0 Å². The molecule has 0 radical (unpaired) electrons. The lowest BCUT2D eigenvalue weighted by molar-refractivity contribution is -0.120. The second-order valence-electron chi connectivity index (χ2n) is 4.47. The van der Waals surface area contributed by atoms with E-state index in [2.05, 4.69) is 25.2 Å². The van der Waals surface area contributed by atoms with E-state index in [-0.39, 0.29) is 11.7 Å². The van der Waals surface area contributed by atoms with E-state index in [1.165, 1.54) is 0 Å². The first-order valence-corrected chi connectivity index (χ1v) is 5.47. The summed E-state index contributed by atoms with van der Waals surface area (Å²) in [6, 6.07) is 2.10. The first-order valence-electron chi connectivity index (χ1n) is 5.47. The van der Waals surface area contributed by atoms with Gasteiger partial charge in [-0.1, -0.05) is 0 Å². The zero-order chi connectivity index (χ0) is 11.1. The zero-order valence-electron chi connectivity index (χ0n) is 9.58. The number of rotatable bonds is 5. The van der Waals surface area contributed by atoms with Crippen LogP contribution in [0.2, 0.25) is 0 Å². The number of hydrogen-bond donors (Lipinski definition) is 1. The van der Waals surface area contributed by atoms with E-state index in [0.29, 0.717) is 19.6 Å². The van der Waals surface area contributed by atoms with Crippen molar-refractivity contribution in [1.82, 2.24) is 5.32 Å². The summed E-state index contributed by atoms with van der Waals surface area (Å²) in [6.45, 7) is 7.14. The summed E-state index contributed by atoms with van der Waals surface area (Å²) in [5.74, 6) is 0. The van der Waals surface area contributed by atoms with Crippen molar-refractivity contribution < 1.29 is 9.47 Å². The standard InChI is InChI=1S/C11H20N2O2/c1-11(2)9-13-7-10(15-11)8-14-6-4-3-5-12/h10,13H,3-4,6-9H2,1-2H3. The monoisotopic (exact) mass is 212 g/mol. The second-order valence-corrected chi connectivity index (χ2v) is 4.47. The third-order valence-corrected chi connectivity index (χ3v) is 2.29. The molecule has 0 saturated carbocycles. The Labute approximate surface area is 91.6 Å². The summed E-state index contributed by atoms with van der Waals surface area (Å²) in [4.78, 5) is 0. The van der Waals surface area contributed by atoms with Crippen LogP contribution in [0.3, 0.4) is 0 Å². The Hall–Kier alpha value is -0.630. The maximum Gasteiger partial charge on any atom is 0.0940 e. The molecule has 4 heteroatoms. The van der Waals surface area contributed by atoms with Gasteiger partial charge in [-0.15, -0.1) is 0 Å². The lowest BCUT2D eigenvalue weighted by atomic mass is 10.1. The minimum Gasteiger partial charge on any atom is -0.379 e. The fourth-order valence-electron chi connectivity index (χ4n) is 1.63. The van der Waals surface area contributed by atoms with Crippen LogP contribution in [0.25, 0.3) is 0 Å². The Kier molecular flexibility index (Phi) is 5.03. The van der Waals surface area contributed by atoms with Gasteiger partial charge in [0.15, 0.2) is 0 Å². The molecule has 1 unspecified atom stereocenters. The Bertz CT molecular complexity index is 223. The molecule has 1 saturated heterocycles. The van der Waals surface area contributed by atoms with Crippen LogP contribution in [-0.4, -0.2) is 38.0 Å². The molecule has 0 aromatic rings. The fraction of sp³-hybridized carbons (Fsp3) is 0.909. The molecule has 1 rings (SSSR count). The van der Waals surface area contributed by atoms with E-state index in [9.17, 15) is 0 Å². The second kappa shape index (κ2) is 6.06. The molecular weight excluding hydrogens is 192 g/mol. The summed E-state index contributed by atoms with van der Waals surface area (Å²) in [6.07, 6.45) is 1.51. The number of ether oxygens (including phenoxy) is 2. The Morgan fingerprint density at radius 1 is 1.60 bits per heavy atom. The largest absolute Gasteiger partial charge is 0.379 e. The molecule has 0 amide bonds. The molecule has 4 nitrogen and oxygen atoms in total. The van der Waals surface area contributed by atoms with E-state index in [1.54, 1.807) is 0 Å². The van der Waals surface area contributed by atoms with E-state index >= 15 is 0 Å². The van der Waals surface area contributed by atoms with Gasteiger partial charge in [-0.25, -0.2) is 0 Å². The normalized spacial score (nSPS) is 24.7. The third kappa shape index (κ3) is 5.12. The van der Waals surface area contributed by atoms with Gasteiger partial charge < -0.3 is 14.8 Å².